The van der Waals surface area contributed by atoms with E-state index < -0.39 is 44.6 Å². The molecule has 128 valence electrons. The molecule has 5 nitrogen and oxygen atoms in total. The first-order valence-corrected chi connectivity index (χ1v) is 8.70. The number of halogens is 2. The van der Waals surface area contributed by atoms with Gasteiger partial charge in [-0.15, -0.1) is 0 Å². The maximum absolute atomic E-state index is 13.5. The number of nitrogens with one attached hydrogen (secondary N) is 1. The van der Waals surface area contributed by atoms with E-state index in [-0.39, 0.29) is 0 Å². The third-order valence-electron chi connectivity index (χ3n) is 3.12. The van der Waals surface area contributed by atoms with Crippen molar-refractivity contribution in [2.24, 2.45) is 0 Å². The summed E-state index contributed by atoms with van der Waals surface area (Å²) in [6.07, 6.45) is 0. The second-order valence-electron chi connectivity index (χ2n) is 5.02. The van der Waals surface area contributed by atoms with Gasteiger partial charge in [0.15, 0.2) is 9.84 Å². The molecule has 24 heavy (non-hydrogen) atoms. The van der Waals surface area contributed by atoms with E-state index in [1.54, 1.807) is 24.3 Å². The zero-order chi connectivity index (χ0) is 17.7. The van der Waals surface area contributed by atoms with Crippen LogP contribution in [-0.4, -0.2) is 27.2 Å². The van der Waals surface area contributed by atoms with Crippen LogP contribution in [0.25, 0.3) is 0 Å². The molecule has 0 aliphatic heterocycles. The van der Waals surface area contributed by atoms with Crippen LogP contribution in [-0.2, 0) is 20.4 Å². The van der Waals surface area contributed by atoms with E-state index in [9.17, 15) is 22.0 Å². The van der Waals surface area contributed by atoms with Crippen molar-refractivity contribution < 1.29 is 26.7 Å². The third-order valence-corrected chi connectivity index (χ3v) is 4.57. The fraction of sp³-hybridized carbons (Fsp3) is 0.188. The predicted octanol–water partition coefficient (Wildman–Crippen LogP) is 2.53. The number of rotatable bonds is 6. The van der Waals surface area contributed by atoms with Gasteiger partial charge in [0.25, 0.3) is 0 Å². The van der Waals surface area contributed by atoms with Gasteiger partial charge in [0.1, 0.15) is 23.1 Å². The van der Waals surface area contributed by atoms with E-state index >= 15 is 0 Å². The van der Waals surface area contributed by atoms with Crippen molar-refractivity contribution in [3.63, 3.8) is 0 Å². The predicted molar refractivity (Wildman–Crippen MR) is 85.5 cm³/mol. The van der Waals surface area contributed by atoms with Gasteiger partial charge < -0.3 is 10.1 Å². The first-order chi connectivity index (χ1) is 11.3. The first-order valence-electron chi connectivity index (χ1n) is 6.88. The minimum absolute atomic E-state index is 0.387. The number of ether oxygens (including phenoxy) is 1. The maximum Gasteiger partial charge on any atom is 0.239 e. The molecule has 0 saturated carbocycles. The molecule has 0 radical (unpaired) electrons. The monoisotopic (exact) mass is 355 g/mol. The molecule has 1 N–H and O–H groups in total. The van der Waals surface area contributed by atoms with Crippen molar-refractivity contribution >= 4 is 21.4 Å². The summed E-state index contributed by atoms with van der Waals surface area (Å²) in [5.41, 5.74) is -0.00257. The van der Waals surface area contributed by atoms with Gasteiger partial charge in [-0.1, -0.05) is 18.2 Å². The summed E-state index contributed by atoms with van der Waals surface area (Å²) < 4.78 is 55.9. The van der Waals surface area contributed by atoms with Crippen molar-refractivity contribution in [2.75, 3.05) is 18.2 Å². The number of para-hydroxylation sites is 1. The fourth-order valence-electron chi connectivity index (χ4n) is 2.09. The molecule has 0 heterocycles. The topological polar surface area (TPSA) is 72.5 Å². The number of hydrogen-bond donors (Lipinski definition) is 1. The number of benzene rings is 2. The van der Waals surface area contributed by atoms with E-state index in [1.165, 1.54) is 7.11 Å². The highest BCUT2D eigenvalue weighted by molar-refractivity contribution is 7.91. The molecule has 0 aliphatic carbocycles. The first kappa shape index (κ1) is 17.9. The molecule has 2 aromatic carbocycles. The Balaban J connectivity index is 2.08. The van der Waals surface area contributed by atoms with Crippen LogP contribution in [0, 0.1) is 11.6 Å². The lowest BCUT2D eigenvalue weighted by Crippen LogP contribution is -2.24. The summed E-state index contributed by atoms with van der Waals surface area (Å²) in [6.45, 7) is 0. The van der Waals surface area contributed by atoms with Crippen molar-refractivity contribution in [3.8, 4) is 5.75 Å². The molecule has 0 fully saturated rings. The second-order valence-corrected chi connectivity index (χ2v) is 7.08. The molecule has 1 amide bonds. The van der Waals surface area contributed by atoms with Crippen LogP contribution >= 0.6 is 0 Å². The summed E-state index contributed by atoms with van der Waals surface area (Å²) in [5, 5.41) is 2.06. The summed E-state index contributed by atoms with van der Waals surface area (Å²) in [4.78, 5) is 11.8. The third kappa shape index (κ3) is 4.76. The SMILES string of the molecule is COc1ccccc1CS(=O)(=O)CC(=O)Nc1cc(F)ccc1F. The highest BCUT2D eigenvalue weighted by Crippen LogP contribution is 2.20. The Hall–Kier alpha value is -2.48. The second kappa shape index (κ2) is 7.39. The van der Waals surface area contributed by atoms with Crippen molar-refractivity contribution in [3.05, 3.63) is 59.7 Å². The fourth-order valence-corrected chi connectivity index (χ4v) is 3.38. The molecule has 0 saturated heterocycles. The van der Waals surface area contributed by atoms with Gasteiger partial charge in [-0.25, -0.2) is 17.2 Å². The van der Waals surface area contributed by atoms with Crippen LogP contribution in [0.5, 0.6) is 5.75 Å². The van der Waals surface area contributed by atoms with E-state index in [0.29, 0.717) is 11.3 Å². The van der Waals surface area contributed by atoms with E-state index in [0.717, 1.165) is 18.2 Å². The zero-order valence-electron chi connectivity index (χ0n) is 12.8. The van der Waals surface area contributed by atoms with Gasteiger partial charge in [-0.2, -0.15) is 0 Å². The highest BCUT2D eigenvalue weighted by atomic mass is 32.2. The summed E-state index contributed by atoms with van der Waals surface area (Å²) in [6, 6.07) is 9.02. The number of carbonyl (C=O) groups is 1. The van der Waals surface area contributed by atoms with Gasteiger partial charge in [-0.05, 0) is 18.2 Å². The summed E-state index contributed by atoms with van der Waals surface area (Å²) in [7, 11) is -2.41. The zero-order valence-corrected chi connectivity index (χ0v) is 13.6. The van der Waals surface area contributed by atoms with Crippen molar-refractivity contribution in [1.29, 1.82) is 0 Å². The number of anilines is 1. The molecule has 0 atom stereocenters. The molecular formula is C16H15F2NO4S. The molecule has 0 aliphatic rings. The lowest BCUT2D eigenvalue weighted by molar-refractivity contribution is -0.113. The summed E-state index contributed by atoms with van der Waals surface area (Å²) in [5.74, 6) is -3.43. The Morgan fingerprint density at radius 2 is 1.88 bits per heavy atom. The van der Waals surface area contributed by atoms with Crippen LogP contribution in [0.2, 0.25) is 0 Å². The number of carbonyl (C=O) groups excluding carboxylic acids is 1. The van der Waals surface area contributed by atoms with Crippen molar-refractivity contribution in [2.45, 2.75) is 5.75 Å². The van der Waals surface area contributed by atoms with Crippen LogP contribution < -0.4 is 10.1 Å². The van der Waals surface area contributed by atoms with Crippen LogP contribution in [0.4, 0.5) is 14.5 Å². The average Bonchev–Trinajstić information content (AvgIpc) is 2.50. The molecule has 0 spiro atoms. The Labute approximate surface area is 138 Å². The van der Waals surface area contributed by atoms with Crippen molar-refractivity contribution in [1.82, 2.24) is 0 Å². The van der Waals surface area contributed by atoms with E-state index in [4.69, 9.17) is 4.74 Å². The van der Waals surface area contributed by atoms with Crippen LogP contribution in [0.3, 0.4) is 0 Å². The molecular weight excluding hydrogens is 340 g/mol. The molecule has 0 unspecified atom stereocenters. The summed E-state index contributed by atoms with van der Waals surface area (Å²) >= 11 is 0. The quantitative estimate of drug-likeness (QED) is 0.864. The van der Waals surface area contributed by atoms with Gasteiger partial charge in [0.05, 0.1) is 18.6 Å². The number of sulfone groups is 1. The number of amides is 1. The average molecular weight is 355 g/mol. The van der Waals surface area contributed by atoms with Gasteiger partial charge in [0, 0.05) is 11.6 Å². The smallest absolute Gasteiger partial charge is 0.239 e. The Morgan fingerprint density at radius 1 is 1.17 bits per heavy atom. The molecule has 0 bridgehead atoms. The molecule has 8 heteroatoms. The number of hydrogen-bond acceptors (Lipinski definition) is 4. The normalized spacial score (nSPS) is 11.1. The van der Waals surface area contributed by atoms with E-state index in [1.807, 2.05) is 0 Å². The largest absolute Gasteiger partial charge is 0.496 e. The van der Waals surface area contributed by atoms with Gasteiger partial charge in [0.2, 0.25) is 5.91 Å². The van der Waals surface area contributed by atoms with Gasteiger partial charge in [-0.3, -0.25) is 4.79 Å². The molecule has 2 aromatic rings. The highest BCUT2D eigenvalue weighted by Gasteiger charge is 2.20. The molecule has 0 aromatic heterocycles. The minimum atomic E-state index is -3.82. The van der Waals surface area contributed by atoms with Crippen LogP contribution in [0.15, 0.2) is 42.5 Å². The standard InChI is InChI=1S/C16H15F2NO4S/c1-23-15-5-3-2-4-11(15)9-24(21,22)10-16(20)19-14-8-12(17)6-7-13(14)18/h2-8H,9-10H2,1H3,(H,19,20). The van der Waals surface area contributed by atoms with Gasteiger partial charge >= 0.3 is 0 Å². The lowest BCUT2D eigenvalue weighted by Gasteiger charge is -2.10. The van der Waals surface area contributed by atoms with Crippen LogP contribution in [0.1, 0.15) is 5.56 Å². The molecule has 2 rings (SSSR count). The lowest BCUT2D eigenvalue weighted by atomic mass is 10.2. The maximum atomic E-state index is 13.5. The van der Waals surface area contributed by atoms with E-state index in [2.05, 4.69) is 5.32 Å². The Morgan fingerprint density at radius 3 is 2.58 bits per heavy atom. The minimum Gasteiger partial charge on any atom is -0.496 e. The Kier molecular flexibility index (Phi) is 5.50. The Bertz CT molecular complexity index is 853. The number of methoxy groups -OCH3 is 1.